The largest absolute Gasteiger partial charge is 0.507 e. The van der Waals surface area contributed by atoms with Crippen LogP contribution in [0.5, 0.6) is 0 Å². The molecule has 1 heterocycles. The van der Waals surface area contributed by atoms with Crippen LogP contribution in [-0.4, -0.2) is 31.4 Å². The summed E-state index contributed by atoms with van der Waals surface area (Å²) in [5.41, 5.74) is 0. The van der Waals surface area contributed by atoms with Crippen LogP contribution in [0.25, 0.3) is 0 Å². The number of hydrogen-bond donors (Lipinski definition) is 0. The Kier molecular flexibility index (Phi) is 6.71. The van der Waals surface area contributed by atoms with Gasteiger partial charge in [0.05, 0.1) is 0 Å². The summed E-state index contributed by atoms with van der Waals surface area (Å²) in [5.74, 6) is -0.996. The van der Waals surface area contributed by atoms with Gasteiger partial charge >= 0.3 is 18.2 Å². The minimum atomic E-state index is -0.619. The first-order valence-corrected chi connectivity index (χ1v) is 9.41. The summed E-state index contributed by atoms with van der Waals surface area (Å²) in [6, 6.07) is 3.58. The second-order valence-corrected chi connectivity index (χ2v) is 6.00. The van der Waals surface area contributed by atoms with E-state index in [1.165, 1.54) is 25.0 Å². The Morgan fingerprint density at radius 2 is 1.60 bits per heavy atom. The third-order valence-electron chi connectivity index (χ3n) is 1.90. The van der Waals surface area contributed by atoms with Gasteiger partial charge < -0.3 is 4.74 Å². The van der Waals surface area contributed by atoms with Crippen molar-refractivity contribution in [3.05, 3.63) is 29.8 Å². The quantitative estimate of drug-likeness (QED) is 0.721. The summed E-state index contributed by atoms with van der Waals surface area (Å²) in [5, 5.41) is 0. The third kappa shape index (κ3) is 5.80. The van der Waals surface area contributed by atoms with E-state index in [2.05, 4.69) is 12.9 Å². The van der Waals surface area contributed by atoms with Crippen molar-refractivity contribution in [3.63, 3.8) is 0 Å². The normalized spacial score (nSPS) is 14.1. The molecule has 1 aromatic rings. The molecular weight excluding hydrogens is 278 g/mol. The molecule has 0 spiro atoms. The van der Waals surface area contributed by atoms with E-state index >= 15 is 0 Å². The maximum absolute atomic E-state index is 12.4. The van der Waals surface area contributed by atoms with Gasteiger partial charge in [-0.1, -0.05) is 12.1 Å². The molecular formula is C10H11BrF2MgO. The first-order valence-electron chi connectivity index (χ1n) is 4.81. The molecule has 1 aromatic carbocycles. The van der Waals surface area contributed by atoms with Gasteiger partial charge in [0.2, 0.25) is 0 Å². The van der Waals surface area contributed by atoms with Crippen molar-refractivity contribution in [1.29, 1.82) is 0 Å². The average molecular weight is 289 g/mol. The maximum atomic E-state index is 12.4. The van der Waals surface area contributed by atoms with Gasteiger partial charge in [0.25, 0.3) is 0 Å². The van der Waals surface area contributed by atoms with Gasteiger partial charge in [-0.3, -0.25) is 12.9 Å². The molecule has 0 radical (unpaired) electrons. The highest BCUT2D eigenvalue weighted by atomic mass is 79.9. The molecule has 2 rings (SSSR count). The summed E-state index contributed by atoms with van der Waals surface area (Å²) in [7, 11) is 0. The van der Waals surface area contributed by atoms with Crippen LogP contribution in [0.2, 0.25) is 0 Å². The molecule has 1 nitrogen and oxygen atoms in total. The van der Waals surface area contributed by atoms with E-state index in [-0.39, 0.29) is 0 Å². The van der Waals surface area contributed by atoms with E-state index < -0.39 is 29.8 Å². The molecule has 0 bridgehead atoms. The van der Waals surface area contributed by atoms with Gasteiger partial charge in [0.15, 0.2) is 0 Å². The Hall–Kier alpha value is 0.286. The molecule has 80 valence electrons. The molecule has 0 saturated carbocycles. The van der Waals surface area contributed by atoms with E-state index in [4.69, 9.17) is 4.74 Å². The lowest BCUT2D eigenvalue weighted by Crippen LogP contribution is -2.09. The van der Waals surface area contributed by atoms with Gasteiger partial charge in [-0.25, -0.2) is 8.78 Å². The molecule has 1 fully saturated rings. The molecule has 15 heavy (non-hydrogen) atoms. The van der Waals surface area contributed by atoms with Crippen LogP contribution in [0, 0.1) is 11.6 Å². The fourth-order valence-electron chi connectivity index (χ4n) is 1.20. The molecule has 0 unspecified atom stereocenters. The van der Waals surface area contributed by atoms with E-state index in [1.807, 2.05) is 0 Å². The lowest BCUT2D eigenvalue weighted by molar-refractivity contribution is 0.198. The minimum Gasteiger partial charge on any atom is -0.381 e. The Bertz CT molecular complexity index is 278. The molecule has 0 N–H and O–H groups in total. The van der Waals surface area contributed by atoms with Crippen LogP contribution in [0.4, 0.5) is 8.78 Å². The zero-order valence-electron chi connectivity index (χ0n) is 8.31. The first kappa shape index (κ1) is 13.4. The van der Waals surface area contributed by atoms with Crippen molar-refractivity contribution < 1.29 is 13.5 Å². The monoisotopic (exact) mass is 288 g/mol. The van der Waals surface area contributed by atoms with Crippen molar-refractivity contribution in [1.82, 2.24) is 0 Å². The zero-order chi connectivity index (χ0) is 11.1. The van der Waals surface area contributed by atoms with Crippen LogP contribution in [0.3, 0.4) is 0 Å². The number of ether oxygens (including phenoxy) is 1. The van der Waals surface area contributed by atoms with Crippen molar-refractivity contribution in [2.45, 2.75) is 12.8 Å². The molecule has 1 aliphatic heterocycles. The Morgan fingerprint density at radius 1 is 1.07 bits per heavy atom. The first-order chi connectivity index (χ1) is 7.22. The Balaban J connectivity index is 0.000000187. The number of benzene rings is 1. The molecule has 0 amide bonds. The van der Waals surface area contributed by atoms with Crippen LogP contribution < -0.4 is 3.69 Å². The Morgan fingerprint density at radius 3 is 1.93 bits per heavy atom. The van der Waals surface area contributed by atoms with E-state index in [9.17, 15) is 8.78 Å². The van der Waals surface area contributed by atoms with Gasteiger partial charge in [0.1, 0.15) is 11.6 Å². The maximum Gasteiger partial charge on any atom is 0.507 e. The average Bonchev–Trinajstić information content (AvgIpc) is 2.74. The van der Waals surface area contributed by atoms with Crippen LogP contribution in [0.1, 0.15) is 12.8 Å². The number of hydrogen-bond acceptors (Lipinski definition) is 1. The van der Waals surface area contributed by atoms with Gasteiger partial charge in [0, 0.05) is 19.3 Å². The molecule has 0 aromatic heterocycles. The number of halogens is 3. The fraction of sp³-hybridized carbons (Fsp3) is 0.400. The van der Waals surface area contributed by atoms with Crippen molar-refractivity contribution >= 4 is 34.8 Å². The summed E-state index contributed by atoms with van der Waals surface area (Å²) in [4.78, 5) is 0. The summed E-state index contributed by atoms with van der Waals surface area (Å²) in [6.07, 6.45) is 2.56. The molecule has 5 heteroatoms. The smallest absolute Gasteiger partial charge is 0.381 e. The summed E-state index contributed by atoms with van der Waals surface area (Å²) < 4.78 is 30.4. The fourth-order valence-corrected chi connectivity index (χ4v) is 2.71. The van der Waals surface area contributed by atoms with E-state index in [1.54, 1.807) is 0 Å². The molecule has 0 aliphatic carbocycles. The highest BCUT2D eigenvalue weighted by Gasteiger charge is 2.00. The van der Waals surface area contributed by atoms with Gasteiger partial charge in [-0.05, 0) is 12.8 Å². The lowest BCUT2D eigenvalue weighted by atomic mass is 10.3. The van der Waals surface area contributed by atoms with Crippen LogP contribution >= 0.6 is 12.9 Å². The standard InChI is InChI=1S/C6H3F2.C4H8O.BrH.Mg/c7-5-2-1-3-6(8)4-5;1-2-4-5-3-1;;/h2-4H;1-4H2;1H;/q;;;+1/p-1. The van der Waals surface area contributed by atoms with E-state index in [0.717, 1.165) is 23.0 Å². The molecule has 1 saturated heterocycles. The highest BCUT2D eigenvalue weighted by molar-refractivity contribution is 9.23. The molecule has 0 atom stereocenters. The topological polar surface area (TPSA) is 9.23 Å². The summed E-state index contributed by atoms with van der Waals surface area (Å²) >= 11 is 2.61. The van der Waals surface area contributed by atoms with Crippen molar-refractivity contribution in [2.24, 2.45) is 0 Å². The highest BCUT2D eigenvalue weighted by Crippen LogP contribution is 1.99. The van der Waals surface area contributed by atoms with Gasteiger partial charge in [-0.2, -0.15) is 0 Å². The van der Waals surface area contributed by atoms with Gasteiger partial charge in [-0.15, -0.1) is 3.69 Å². The van der Waals surface area contributed by atoms with Crippen molar-refractivity contribution in [2.75, 3.05) is 13.2 Å². The second-order valence-electron chi connectivity index (χ2n) is 3.23. The molecule has 1 aliphatic rings. The lowest BCUT2D eigenvalue weighted by Gasteiger charge is -1.94. The SMILES string of the molecule is C1CCOC1.Fc1cc(F)c[c]([Mg][Br])c1. The predicted molar refractivity (Wildman–Crippen MR) is 60.7 cm³/mol. The van der Waals surface area contributed by atoms with Crippen molar-refractivity contribution in [3.8, 4) is 0 Å². The third-order valence-corrected chi connectivity index (χ3v) is 4.56. The van der Waals surface area contributed by atoms with Crippen LogP contribution in [0.15, 0.2) is 18.2 Å². The van der Waals surface area contributed by atoms with Crippen LogP contribution in [-0.2, 0) is 4.74 Å². The number of rotatable bonds is 1. The Labute approximate surface area is 104 Å². The minimum absolute atomic E-state index is 0.498. The zero-order valence-corrected chi connectivity index (χ0v) is 11.3. The predicted octanol–water partition coefficient (Wildman–Crippen LogP) is 2.40. The summed E-state index contributed by atoms with van der Waals surface area (Å²) in [6.45, 7) is 2.00. The van der Waals surface area contributed by atoms with E-state index in [0.29, 0.717) is 0 Å². The second kappa shape index (κ2) is 7.54.